The monoisotopic (exact) mass is 174 g/mol. The number of hydrogen-bond acceptors (Lipinski definition) is 3. The Labute approximate surface area is 71.3 Å². The van der Waals surface area contributed by atoms with E-state index in [9.17, 15) is 0 Å². The number of rotatable bonds is 1. The van der Waals surface area contributed by atoms with Gasteiger partial charge in [0, 0.05) is 18.5 Å². The highest BCUT2D eigenvalue weighted by molar-refractivity contribution is 5.85. The van der Waals surface area contributed by atoms with Crippen LogP contribution in [0.5, 0.6) is 0 Å². The molecule has 0 amide bonds. The Morgan fingerprint density at radius 1 is 1.45 bits per heavy atom. The molecule has 3 nitrogen and oxygen atoms in total. The summed E-state index contributed by atoms with van der Waals surface area (Å²) in [5, 5.41) is 3.86. The zero-order valence-electron chi connectivity index (χ0n) is 6.17. The smallest absolute Gasteiger partial charge is 0.140 e. The molecular weight excluding hydrogens is 164 g/mol. The van der Waals surface area contributed by atoms with Gasteiger partial charge in [0.2, 0.25) is 0 Å². The zero-order valence-corrected chi connectivity index (χ0v) is 6.99. The molecule has 0 radical (unpaired) electrons. The lowest BCUT2D eigenvalue weighted by molar-refractivity contribution is 0.379. The van der Waals surface area contributed by atoms with Gasteiger partial charge in [-0.1, -0.05) is 5.16 Å². The van der Waals surface area contributed by atoms with Gasteiger partial charge < -0.3 is 10.3 Å². The van der Waals surface area contributed by atoms with Gasteiger partial charge in [0.15, 0.2) is 0 Å². The molecule has 2 rings (SSSR count). The van der Waals surface area contributed by atoms with Crippen LogP contribution in [0.2, 0.25) is 0 Å². The van der Waals surface area contributed by atoms with Gasteiger partial charge in [0.25, 0.3) is 0 Å². The summed E-state index contributed by atoms with van der Waals surface area (Å²) in [6.07, 6.45) is 3.34. The van der Waals surface area contributed by atoms with E-state index in [1.165, 1.54) is 12.0 Å². The van der Waals surface area contributed by atoms with Crippen molar-refractivity contribution in [1.82, 2.24) is 5.16 Å². The van der Waals surface area contributed by atoms with Crippen LogP contribution in [0.25, 0.3) is 0 Å². The molecule has 0 atom stereocenters. The molecule has 0 unspecified atom stereocenters. The average molecular weight is 175 g/mol. The molecule has 1 aromatic heterocycles. The zero-order chi connectivity index (χ0) is 6.97. The maximum absolute atomic E-state index is 5.44. The standard InChI is InChI=1S/C7H10N2O.ClH/c8-4-6-5-2-1-3-7(5)10-9-6;/h1-4,8H2;1H. The van der Waals surface area contributed by atoms with E-state index in [0.717, 1.165) is 24.3 Å². The molecule has 0 saturated heterocycles. The lowest BCUT2D eigenvalue weighted by Crippen LogP contribution is -1.99. The summed E-state index contributed by atoms with van der Waals surface area (Å²) in [6, 6.07) is 0. The molecule has 0 aliphatic heterocycles. The van der Waals surface area contributed by atoms with Crippen LogP contribution >= 0.6 is 12.4 Å². The molecule has 4 heteroatoms. The van der Waals surface area contributed by atoms with Crippen LogP contribution in [0.1, 0.15) is 23.4 Å². The Hall–Kier alpha value is -0.540. The Bertz CT molecular complexity index is 247. The topological polar surface area (TPSA) is 52.0 Å². The van der Waals surface area contributed by atoms with Crippen LogP contribution in [0, 0.1) is 0 Å². The molecule has 1 aliphatic rings. The van der Waals surface area contributed by atoms with Gasteiger partial charge in [-0.15, -0.1) is 12.4 Å². The highest BCUT2D eigenvalue weighted by atomic mass is 35.5. The van der Waals surface area contributed by atoms with E-state index in [0.29, 0.717) is 6.54 Å². The summed E-state index contributed by atoms with van der Waals surface area (Å²) in [6.45, 7) is 0.513. The van der Waals surface area contributed by atoms with E-state index < -0.39 is 0 Å². The molecule has 11 heavy (non-hydrogen) atoms. The summed E-state index contributed by atoms with van der Waals surface area (Å²) >= 11 is 0. The molecule has 1 heterocycles. The van der Waals surface area contributed by atoms with E-state index in [2.05, 4.69) is 5.16 Å². The van der Waals surface area contributed by atoms with Crippen LogP contribution in [-0.4, -0.2) is 5.16 Å². The Morgan fingerprint density at radius 3 is 3.00 bits per heavy atom. The van der Waals surface area contributed by atoms with Crippen molar-refractivity contribution >= 4 is 12.4 Å². The maximum atomic E-state index is 5.44. The molecule has 0 spiro atoms. The van der Waals surface area contributed by atoms with Crippen molar-refractivity contribution in [3.8, 4) is 0 Å². The minimum absolute atomic E-state index is 0. The average Bonchev–Trinajstić information content (AvgIpc) is 2.44. The quantitative estimate of drug-likeness (QED) is 0.693. The fourth-order valence-corrected chi connectivity index (χ4v) is 1.45. The van der Waals surface area contributed by atoms with Gasteiger partial charge in [0.05, 0.1) is 0 Å². The summed E-state index contributed by atoms with van der Waals surface area (Å²) in [5.41, 5.74) is 7.66. The summed E-state index contributed by atoms with van der Waals surface area (Å²) in [4.78, 5) is 0. The fraction of sp³-hybridized carbons (Fsp3) is 0.571. The lowest BCUT2D eigenvalue weighted by atomic mass is 10.2. The molecule has 0 bridgehead atoms. The van der Waals surface area contributed by atoms with Gasteiger partial charge in [-0.3, -0.25) is 0 Å². The van der Waals surface area contributed by atoms with Crippen molar-refractivity contribution in [1.29, 1.82) is 0 Å². The summed E-state index contributed by atoms with van der Waals surface area (Å²) < 4.78 is 5.07. The molecule has 1 aliphatic carbocycles. The van der Waals surface area contributed by atoms with Gasteiger partial charge in [-0.05, 0) is 12.8 Å². The largest absolute Gasteiger partial charge is 0.361 e. The molecular formula is C7H11ClN2O. The van der Waals surface area contributed by atoms with E-state index in [4.69, 9.17) is 10.3 Å². The SMILES string of the molecule is Cl.NCc1noc2c1CCC2. The number of aryl methyl sites for hydroxylation is 1. The predicted octanol–water partition coefficient (Wildman–Crippen LogP) is 1.04. The minimum Gasteiger partial charge on any atom is -0.361 e. The molecule has 0 aromatic carbocycles. The Morgan fingerprint density at radius 2 is 2.27 bits per heavy atom. The normalized spacial score (nSPS) is 14.3. The molecule has 62 valence electrons. The predicted molar refractivity (Wildman–Crippen MR) is 43.7 cm³/mol. The molecule has 0 fully saturated rings. The van der Waals surface area contributed by atoms with Crippen LogP contribution in [0.3, 0.4) is 0 Å². The number of aromatic nitrogens is 1. The molecule has 1 aromatic rings. The number of nitrogens with two attached hydrogens (primary N) is 1. The number of hydrogen-bond donors (Lipinski definition) is 1. The summed E-state index contributed by atoms with van der Waals surface area (Å²) in [5.74, 6) is 1.06. The third-order valence-electron chi connectivity index (χ3n) is 1.97. The molecule has 2 N–H and O–H groups in total. The lowest BCUT2D eigenvalue weighted by Gasteiger charge is -1.88. The van der Waals surface area contributed by atoms with Crippen molar-refractivity contribution < 1.29 is 4.52 Å². The first-order chi connectivity index (χ1) is 4.92. The van der Waals surface area contributed by atoms with E-state index in [1.807, 2.05) is 0 Å². The Kier molecular flexibility index (Phi) is 2.52. The van der Waals surface area contributed by atoms with Gasteiger partial charge in [-0.25, -0.2) is 0 Å². The fourth-order valence-electron chi connectivity index (χ4n) is 1.45. The van der Waals surface area contributed by atoms with Crippen LogP contribution in [0.4, 0.5) is 0 Å². The van der Waals surface area contributed by atoms with Crippen LogP contribution < -0.4 is 5.73 Å². The van der Waals surface area contributed by atoms with Crippen molar-refractivity contribution in [3.05, 3.63) is 17.0 Å². The van der Waals surface area contributed by atoms with Crippen molar-refractivity contribution in [2.24, 2.45) is 5.73 Å². The van der Waals surface area contributed by atoms with Gasteiger partial charge in [-0.2, -0.15) is 0 Å². The van der Waals surface area contributed by atoms with E-state index >= 15 is 0 Å². The maximum Gasteiger partial charge on any atom is 0.140 e. The summed E-state index contributed by atoms with van der Waals surface area (Å²) in [7, 11) is 0. The third kappa shape index (κ3) is 1.26. The van der Waals surface area contributed by atoms with Gasteiger partial charge in [0.1, 0.15) is 11.5 Å². The van der Waals surface area contributed by atoms with Crippen LogP contribution in [-0.2, 0) is 19.4 Å². The first kappa shape index (κ1) is 8.56. The third-order valence-corrected chi connectivity index (χ3v) is 1.97. The van der Waals surface area contributed by atoms with Crippen molar-refractivity contribution in [3.63, 3.8) is 0 Å². The van der Waals surface area contributed by atoms with E-state index in [1.54, 1.807) is 0 Å². The van der Waals surface area contributed by atoms with Crippen molar-refractivity contribution in [2.75, 3.05) is 0 Å². The first-order valence-electron chi connectivity index (χ1n) is 3.58. The second-order valence-electron chi connectivity index (χ2n) is 2.59. The van der Waals surface area contributed by atoms with Crippen molar-refractivity contribution in [2.45, 2.75) is 25.8 Å². The second kappa shape index (κ2) is 3.24. The first-order valence-corrected chi connectivity index (χ1v) is 3.58. The van der Waals surface area contributed by atoms with Gasteiger partial charge >= 0.3 is 0 Å². The second-order valence-corrected chi connectivity index (χ2v) is 2.59. The Balaban J connectivity index is 0.000000605. The van der Waals surface area contributed by atoms with E-state index in [-0.39, 0.29) is 12.4 Å². The number of nitrogens with zero attached hydrogens (tertiary/aromatic N) is 1. The minimum atomic E-state index is 0. The highest BCUT2D eigenvalue weighted by Gasteiger charge is 2.19. The molecule has 0 saturated carbocycles. The number of halogens is 1. The van der Waals surface area contributed by atoms with Crippen LogP contribution in [0.15, 0.2) is 4.52 Å². The number of fused-ring (bicyclic) bond motifs is 1. The highest BCUT2D eigenvalue weighted by Crippen LogP contribution is 2.24.